The van der Waals surface area contributed by atoms with E-state index >= 15 is 0 Å². The van der Waals surface area contributed by atoms with Crippen molar-refractivity contribution < 1.29 is 0 Å². The summed E-state index contributed by atoms with van der Waals surface area (Å²) in [5.74, 6) is 1.25. The van der Waals surface area contributed by atoms with Gasteiger partial charge in [-0.15, -0.1) is 0 Å². The summed E-state index contributed by atoms with van der Waals surface area (Å²) in [4.78, 5) is 12.6. The molecule has 1 aromatic carbocycles. The molecule has 0 unspecified atom stereocenters. The Bertz CT molecular complexity index is 744. The quantitative estimate of drug-likeness (QED) is 0.605. The van der Waals surface area contributed by atoms with Crippen LogP contribution in [-0.2, 0) is 0 Å². The second-order valence-corrected chi connectivity index (χ2v) is 4.90. The number of pyridine rings is 1. The number of aromatic nitrogens is 3. The van der Waals surface area contributed by atoms with Gasteiger partial charge in [-0.2, -0.15) is 0 Å². The van der Waals surface area contributed by atoms with Crippen molar-refractivity contribution in [3.63, 3.8) is 0 Å². The Kier molecular flexibility index (Phi) is 4.29. The van der Waals surface area contributed by atoms with E-state index < -0.39 is 0 Å². The van der Waals surface area contributed by atoms with Crippen LogP contribution in [0.5, 0.6) is 0 Å². The van der Waals surface area contributed by atoms with E-state index in [1.165, 1.54) is 6.33 Å². The number of rotatable bonds is 6. The summed E-state index contributed by atoms with van der Waals surface area (Å²) in [7, 11) is 0. The number of hydrogen-bond donors (Lipinski definition) is 3. The zero-order chi connectivity index (χ0) is 15.2. The molecule has 0 bridgehead atoms. The molecule has 0 spiro atoms. The van der Waals surface area contributed by atoms with Gasteiger partial charge >= 0.3 is 0 Å². The lowest BCUT2D eigenvalue weighted by Gasteiger charge is -2.09. The molecule has 0 fully saturated rings. The van der Waals surface area contributed by atoms with Gasteiger partial charge in [-0.25, -0.2) is 15.0 Å². The number of fused-ring (bicyclic) bond motifs is 1. The Morgan fingerprint density at radius 1 is 0.909 bits per heavy atom. The van der Waals surface area contributed by atoms with Crippen molar-refractivity contribution in [3.05, 3.63) is 48.8 Å². The first-order valence-electron chi connectivity index (χ1n) is 7.23. The summed E-state index contributed by atoms with van der Waals surface area (Å²) in [5.41, 5.74) is 7.41. The molecule has 0 radical (unpaired) electrons. The van der Waals surface area contributed by atoms with Crippen LogP contribution in [0.2, 0.25) is 0 Å². The normalized spacial score (nSPS) is 10.5. The molecule has 112 valence electrons. The van der Waals surface area contributed by atoms with E-state index in [1.807, 2.05) is 24.3 Å². The highest BCUT2D eigenvalue weighted by molar-refractivity contribution is 5.86. The van der Waals surface area contributed by atoms with E-state index in [0.717, 1.165) is 36.4 Å². The van der Waals surface area contributed by atoms with Gasteiger partial charge in [-0.1, -0.05) is 18.2 Å². The highest BCUT2D eigenvalue weighted by Gasteiger charge is 2.04. The number of nitrogen functional groups attached to an aromatic ring is 1. The molecule has 0 aliphatic carbocycles. The average molecular weight is 294 g/mol. The number of anilines is 3. The van der Waals surface area contributed by atoms with E-state index in [0.29, 0.717) is 11.5 Å². The SMILES string of the molecule is Nc1ccc2c(NCCCNc3ccccc3)ncnc2n1. The maximum atomic E-state index is 5.67. The zero-order valence-corrected chi connectivity index (χ0v) is 12.2. The van der Waals surface area contributed by atoms with Crippen molar-refractivity contribution in [2.75, 3.05) is 29.5 Å². The van der Waals surface area contributed by atoms with Crippen LogP contribution in [0.25, 0.3) is 11.0 Å². The molecule has 22 heavy (non-hydrogen) atoms. The van der Waals surface area contributed by atoms with Gasteiger partial charge < -0.3 is 16.4 Å². The third kappa shape index (κ3) is 3.41. The monoisotopic (exact) mass is 294 g/mol. The van der Waals surface area contributed by atoms with Crippen LogP contribution in [-0.4, -0.2) is 28.0 Å². The number of benzene rings is 1. The second-order valence-electron chi connectivity index (χ2n) is 4.90. The smallest absolute Gasteiger partial charge is 0.166 e. The van der Waals surface area contributed by atoms with Gasteiger partial charge in [0.05, 0.1) is 5.39 Å². The minimum absolute atomic E-state index is 0.462. The zero-order valence-electron chi connectivity index (χ0n) is 12.2. The lowest BCUT2D eigenvalue weighted by atomic mass is 10.3. The predicted molar refractivity (Wildman–Crippen MR) is 89.8 cm³/mol. The van der Waals surface area contributed by atoms with Gasteiger partial charge in [-0.05, 0) is 30.7 Å². The molecular formula is C16H18N6. The molecule has 0 amide bonds. The number of nitrogens with two attached hydrogens (primary N) is 1. The fraction of sp³-hybridized carbons (Fsp3) is 0.188. The first kappa shape index (κ1) is 14.1. The average Bonchev–Trinajstić information content (AvgIpc) is 2.55. The second kappa shape index (κ2) is 6.71. The molecule has 3 rings (SSSR count). The number of para-hydroxylation sites is 1. The topological polar surface area (TPSA) is 88.8 Å². The van der Waals surface area contributed by atoms with Crippen LogP contribution in [0, 0.1) is 0 Å². The third-order valence-electron chi connectivity index (χ3n) is 3.27. The van der Waals surface area contributed by atoms with E-state index in [-0.39, 0.29) is 0 Å². The highest BCUT2D eigenvalue weighted by atomic mass is 15.0. The van der Waals surface area contributed by atoms with E-state index in [9.17, 15) is 0 Å². The first-order chi connectivity index (χ1) is 10.8. The summed E-state index contributed by atoms with van der Waals surface area (Å²) in [6.07, 6.45) is 2.47. The standard InChI is InChI=1S/C16H18N6/c17-14-8-7-13-15(20-11-21-16(13)22-14)19-10-4-9-18-12-5-2-1-3-6-12/h1-3,5-8,11,18H,4,9-10H2,(H3,17,19,20,21,22). The minimum atomic E-state index is 0.462. The Hall–Kier alpha value is -2.89. The molecule has 0 aliphatic rings. The van der Waals surface area contributed by atoms with Crippen LogP contribution < -0.4 is 16.4 Å². The van der Waals surface area contributed by atoms with Gasteiger partial charge in [0.2, 0.25) is 0 Å². The van der Waals surface area contributed by atoms with Crippen molar-refractivity contribution >= 4 is 28.4 Å². The van der Waals surface area contributed by atoms with Crippen LogP contribution in [0.1, 0.15) is 6.42 Å². The number of hydrogen-bond acceptors (Lipinski definition) is 6. The van der Waals surface area contributed by atoms with Gasteiger partial charge in [0, 0.05) is 18.8 Å². The molecule has 3 aromatic rings. The molecule has 0 atom stereocenters. The Morgan fingerprint density at radius 2 is 1.73 bits per heavy atom. The van der Waals surface area contributed by atoms with E-state index in [4.69, 9.17) is 5.73 Å². The lowest BCUT2D eigenvalue weighted by molar-refractivity contribution is 0.904. The summed E-state index contributed by atoms with van der Waals surface area (Å²) in [6, 6.07) is 13.8. The van der Waals surface area contributed by atoms with Gasteiger partial charge in [0.1, 0.15) is 18.0 Å². The van der Waals surface area contributed by atoms with Gasteiger partial charge in [0.15, 0.2) is 5.65 Å². The third-order valence-corrected chi connectivity index (χ3v) is 3.27. The maximum absolute atomic E-state index is 5.67. The Morgan fingerprint density at radius 3 is 2.59 bits per heavy atom. The summed E-state index contributed by atoms with van der Waals surface area (Å²) in [5, 5.41) is 7.58. The molecule has 2 heterocycles. The molecule has 6 heteroatoms. The molecule has 6 nitrogen and oxygen atoms in total. The number of nitrogens with zero attached hydrogens (tertiary/aromatic N) is 3. The molecule has 0 aliphatic heterocycles. The predicted octanol–water partition coefficient (Wildman–Crippen LogP) is 2.52. The maximum Gasteiger partial charge on any atom is 0.166 e. The van der Waals surface area contributed by atoms with Crippen molar-refractivity contribution in [2.45, 2.75) is 6.42 Å². The summed E-state index contributed by atoms with van der Waals surface area (Å²) >= 11 is 0. The number of nitrogens with one attached hydrogen (secondary N) is 2. The largest absolute Gasteiger partial charge is 0.385 e. The van der Waals surface area contributed by atoms with Crippen LogP contribution >= 0.6 is 0 Å². The molecule has 0 saturated carbocycles. The van der Waals surface area contributed by atoms with Crippen molar-refractivity contribution in [2.24, 2.45) is 0 Å². The minimum Gasteiger partial charge on any atom is -0.385 e. The fourth-order valence-electron chi connectivity index (χ4n) is 2.18. The van der Waals surface area contributed by atoms with Gasteiger partial charge in [-0.3, -0.25) is 0 Å². The van der Waals surface area contributed by atoms with Crippen molar-refractivity contribution in [1.29, 1.82) is 0 Å². The lowest BCUT2D eigenvalue weighted by Crippen LogP contribution is -2.10. The Balaban J connectivity index is 1.54. The van der Waals surface area contributed by atoms with Crippen LogP contribution in [0.15, 0.2) is 48.8 Å². The van der Waals surface area contributed by atoms with Crippen molar-refractivity contribution in [3.8, 4) is 0 Å². The first-order valence-corrected chi connectivity index (χ1v) is 7.23. The van der Waals surface area contributed by atoms with E-state index in [2.05, 4.69) is 37.7 Å². The van der Waals surface area contributed by atoms with Gasteiger partial charge in [0.25, 0.3) is 0 Å². The molecular weight excluding hydrogens is 276 g/mol. The Labute approximate surface area is 128 Å². The van der Waals surface area contributed by atoms with Crippen molar-refractivity contribution in [1.82, 2.24) is 15.0 Å². The molecule has 2 aromatic heterocycles. The fourth-order valence-corrected chi connectivity index (χ4v) is 2.18. The summed E-state index contributed by atoms with van der Waals surface area (Å²) in [6.45, 7) is 1.71. The van der Waals surface area contributed by atoms with E-state index in [1.54, 1.807) is 6.07 Å². The molecule has 0 saturated heterocycles. The molecule has 4 N–H and O–H groups in total. The van der Waals surface area contributed by atoms with Crippen LogP contribution in [0.4, 0.5) is 17.3 Å². The summed E-state index contributed by atoms with van der Waals surface area (Å²) < 4.78 is 0. The van der Waals surface area contributed by atoms with Crippen LogP contribution in [0.3, 0.4) is 0 Å². The highest BCUT2D eigenvalue weighted by Crippen LogP contribution is 2.18.